The molecule has 1 aromatic heterocycles. The van der Waals surface area contributed by atoms with Crippen LogP contribution in [-0.2, 0) is 11.3 Å². The van der Waals surface area contributed by atoms with Gasteiger partial charge in [-0.25, -0.2) is 0 Å². The lowest BCUT2D eigenvalue weighted by Gasteiger charge is -2.21. The number of H-pyrrole nitrogens is 1. The molecule has 0 saturated carbocycles. The van der Waals surface area contributed by atoms with Crippen LogP contribution in [0.4, 0.5) is 0 Å². The highest BCUT2D eigenvalue weighted by atomic mass is 16.2. The van der Waals surface area contributed by atoms with Crippen LogP contribution in [-0.4, -0.2) is 53.4 Å². The molecule has 2 rings (SSSR count). The van der Waals surface area contributed by atoms with Crippen LogP contribution in [0, 0.1) is 0 Å². The second-order valence-electron chi connectivity index (χ2n) is 4.43. The summed E-state index contributed by atoms with van der Waals surface area (Å²) in [5, 5.41) is 0. The van der Waals surface area contributed by atoms with E-state index in [9.17, 15) is 4.79 Å². The Morgan fingerprint density at radius 3 is 2.94 bits per heavy atom. The van der Waals surface area contributed by atoms with E-state index >= 15 is 0 Å². The minimum absolute atomic E-state index is 0.0634. The van der Waals surface area contributed by atoms with Gasteiger partial charge in [0, 0.05) is 45.1 Å². The average molecular weight is 236 g/mol. The van der Waals surface area contributed by atoms with Crippen LogP contribution in [0.3, 0.4) is 0 Å². The van der Waals surface area contributed by atoms with Crippen molar-refractivity contribution in [3.63, 3.8) is 0 Å². The Labute approximate surface area is 102 Å². The van der Waals surface area contributed by atoms with Crippen molar-refractivity contribution in [3.8, 4) is 0 Å². The summed E-state index contributed by atoms with van der Waals surface area (Å²) in [6.45, 7) is 4.67. The van der Waals surface area contributed by atoms with Crippen molar-refractivity contribution in [1.82, 2.24) is 14.8 Å². The molecule has 5 heteroatoms. The van der Waals surface area contributed by atoms with Crippen molar-refractivity contribution in [2.24, 2.45) is 5.73 Å². The van der Waals surface area contributed by atoms with Gasteiger partial charge in [-0.15, -0.1) is 0 Å². The van der Waals surface area contributed by atoms with E-state index in [2.05, 4.69) is 16.0 Å². The number of amides is 1. The van der Waals surface area contributed by atoms with Crippen molar-refractivity contribution in [1.29, 1.82) is 0 Å². The van der Waals surface area contributed by atoms with E-state index in [1.54, 1.807) is 0 Å². The molecular formula is C12H20N4O. The van der Waals surface area contributed by atoms with Crippen LogP contribution >= 0.6 is 0 Å². The number of nitrogens with zero attached hydrogens (tertiary/aromatic N) is 2. The first-order valence-corrected chi connectivity index (χ1v) is 6.11. The summed E-state index contributed by atoms with van der Waals surface area (Å²) in [6, 6.07) is 2.09. The number of carbonyl (C=O) groups excluding carboxylic acids is 1. The third-order valence-electron chi connectivity index (χ3n) is 3.18. The van der Waals surface area contributed by atoms with Crippen LogP contribution in [0.5, 0.6) is 0 Å². The highest BCUT2D eigenvalue weighted by Crippen LogP contribution is 2.08. The van der Waals surface area contributed by atoms with Gasteiger partial charge in [0.1, 0.15) is 0 Å². The van der Waals surface area contributed by atoms with E-state index in [4.69, 9.17) is 5.73 Å². The van der Waals surface area contributed by atoms with Crippen LogP contribution in [0.2, 0.25) is 0 Å². The zero-order valence-corrected chi connectivity index (χ0v) is 10.1. The molecule has 1 fully saturated rings. The lowest BCUT2D eigenvalue weighted by molar-refractivity contribution is -0.129. The standard InChI is InChI=1S/C12H20N4O/c13-8-12(17)16-5-1-4-15(6-7-16)10-11-2-3-14-9-11/h2-3,9,14H,1,4-8,10,13H2. The third kappa shape index (κ3) is 3.31. The summed E-state index contributed by atoms with van der Waals surface area (Å²) < 4.78 is 0. The van der Waals surface area contributed by atoms with Gasteiger partial charge in [-0.05, 0) is 18.1 Å². The number of hydrogen-bond donors (Lipinski definition) is 2. The normalized spacial score (nSPS) is 18.1. The maximum absolute atomic E-state index is 11.5. The Balaban J connectivity index is 1.85. The predicted octanol–water partition coefficient (Wildman–Crippen LogP) is 0.00770. The molecule has 0 radical (unpaired) electrons. The molecule has 1 aromatic rings. The van der Waals surface area contributed by atoms with Gasteiger partial charge in [-0.1, -0.05) is 0 Å². The Kier molecular flexibility index (Phi) is 4.17. The number of nitrogens with two attached hydrogens (primary N) is 1. The summed E-state index contributed by atoms with van der Waals surface area (Å²) in [6.07, 6.45) is 4.99. The molecular weight excluding hydrogens is 216 g/mol. The molecule has 0 aromatic carbocycles. The van der Waals surface area contributed by atoms with Crippen molar-refractivity contribution in [3.05, 3.63) is 24.0 Å². The van der Waals surface area contributed by atoms with Crippen LogP contribution in [0.1, 0.15) is 12.0 Å². The quantitative estimate of drug-likeness (QED) is 0.777. The Morgan fingerprint density at radius 2 is 2.24 bits per heavy atom. The van der Waals surface area contributed by atoms with E-state index in [1.165, 1.54) is 5.56 Å². The molecule has 0 spiro atoms. The first-order valence-electron chi connectivity index (χ1n) is 6.11. The highest BCUT2D eigenvalue weighted by Gasteiger charge is 2.17. The molecule has 1 aliphatic heterocycles. The lowest BCUT2D eigenvalue weighted by Crippen LogP contribution is -2.38. The number of aromatic nitrogens is 1. The number of hydrogen-bond acceptors (Lipinski definition) is 3. The van der Waals surface area contributed by atoms with Gasteiger partial charge in [0.2, 0.25) is 5.91 Å². The first-order chi connectivity index (χ1) is 8.29. The number of aromatic amines is 1. The predicted molar refractivity (Wildman–Crippen MR) is 66.3 cm³/mol. The molecule has 2 heterocycles. The topological polar surface area (TPSA) is 65.4 Å². The minimum Gasteiger partial charge on any atom is -0.367 e. The molecule has 3 N–H and O–H groups in total. The summed E-state index contributed by atoms with van der Waals surface area (Å²) >= 11 is 0. The fourth-order valence-electron chi connectivity index (χ4n) is 2.22. The van der Waals surface area contributed by atoms with E-state index in [-0.39, 0.29) is 12.5 Å². The molecule has 5 nitrogen and oxygen atoms in total. The van der Waals surface area contributed by atoms with Crippen molar-refractivity contribution < 1.29 is 4.79 Å². The molecule has 1 amide bonds. The van der Waals surface area contributed by atoms with Crippen molar-refractivity contribution in [2.75, 3.05) is 32.7 Å². The number of rotatable bonds is 3. The number of nitrogens with one attached hydrogen (secondary N) is 1. The van der Waals surface area contributed by atoms with Gasteiger partial charge < -0.3 is 15.6 Å². The largest absolute Gasteiger partial charge is 0.367 e. The molecule has 17 heavy (non-hydrogen) atoms. The molecule has 0 bridgehead atoms. The SMILES string of the molecule is NCC(=O)N1CCCN(Cc2cc[nH]c2)CC1. The monoisotopic (exact) mass is 236 g/mol. The summed E-state index contributed by atoms with van der Waals surface area (Å²) in [7, 11) is 0. The Bertz CT molecular complexity index is 349. The molecule has 1 saturated heterocycles. The number of carbonyl (C=O) groups is 1. The van der Waals surface area contributed by atoms with Crippen LogP contribution in [0.15, 0.2) is 18.5 Å². The lowest BCUT2D eigenvalue weighted by atomic mass is 10.3. The maximum atomic E-state index is 11.5. The molecule has 1 aliphatic rings. The highest BCUT2D eigenvalue weighted by molar-refractivity contribution is 5.78. The van der Waals surface area contributed by atoms with Gasteiger partial charge in [0.05, 0.1) is 6.54 Å². The van der Waals surface area contributed by atoms with Gasteiger partial charge >= 0.3 is 0 Å². The van der Waals surface area contributed by atoms with Crippen LogP contribution in [0.25, 0.3) is 0 Å². The zero-order chi connectivity index (χ0) is 12.1. The minimum atomic E-state index is 0.0634. The van der Waals surface area contributed by atoms with E-state index in [1.807, 2.05) is 17.3 Å². The van der Waals surface area contributed by atoms with Gasteiger partial charge in [0.15, 0.2) is 0 Å². The molecule has 0 unspecified atom stereocenters. The Morgan fingerprint density at radius 1 is 1.35 bits per heavy atom. The summed E-state index contributed by atoms with van der Waals surface area (Å²) in [4.78, 5) is 18.8. The van der Waals surface area contributed by atoms with E-state index < -0.39 is 0 Å². The fraction of sp³-hybridized carbons (Fsp3) is 0.583. The molecule has 0 aliphatic carbocycles. The third-order valence-corrected chi connectivity index (χ3v) is 3.18. The Hall–Kier alpha value is -1.33. The van der Waals surface area contributed by atoms with Gasteiger partial charge in [-0.3, -0.25) is 9.69 Å². The zero-order valence-electron chi connectivity index (χ0n) is 10.1. The maximum Gasteiger partial charge on any atom is 0.236 e. The molecule has 0 atom stereocenters. The molecule has 94 valence electrons. The second kappa shape index (κ2) is 5.84. The van der Waals surface area contributed by atoms with Crippen molar-refractivity contribution >= 4 is 5.91 Å². The van der Waals surface area contributed by atoms with Gasteiger partial charge in [0.25, 0.3) is 0 Å². The van der Waals surface area contributed by atoms with Gasteiger partial charge in [-0.2, -0.15) is 0 Å². The van der Waals surface area contributed by atoms with E-state index in [0.717, 1.165) is 39.1 Å². The average Bonchev–Trinajstić information content (AvgIpc) is 2.73. The summed E-state index contributed by atoms with van der Waals surface area (Å²) in [5.41, 5.74) is 6.68. The second-order valence-corrected chi connectivity index (χ2v) is 4.43. The smallest absolute Gasteiger partial charge is 0.236 e. The van der Waals surface area contributed by atoms with E-state index in [0.29, 0.717) is 0 Å². The van der Waals surface area contributed by atoms with Crippen molar-refractivity contribution in [2.45, 2.75) is 13.0 Å². The van der Waals surface area contributed by atoms with Crippen LogP contribution < -0.4 is 5.73 Å². The first kappa shape index (κ1) is 12.1. The summed E-state index contributed by atoms with van der Waals surface area (Å²) in [5.74, 6) is 0.0634. The fourth-order valence-corrected chi connectivity index (χ4v) is 2.22.